The number of nitrogens with zero attached hydrogens (tertiary/aromatic N) is 2. The summed E-state index contributed by atoms with van der Waals surface area (Å²) >= 11 is 3.52. The van der Waals surface area contributed by atoms with E-state index in [9.17, 15) is 9.82 Å². The van der Waals surface area contributed by atoms with Crippen molar-refractivity contribution in [3.8, 4) is 0 Å². The Morgan fingerprint density at radius 2 is 2.25 bits per heavy atom. The van der Waals surface area contributed by atoms with Crippen molar-refractivity contribution in [2.24, 2.45) is 0 Å². The van der Waals surface area contributed by atoms with Gasteiger partial charge in [0.25, 0.3) is 5.91 Å². The lowest BCUT2D eigenvalue weighted by Gasteiger charge is -2.33. The molecule has 0 saturated heterocycles. The van der Waals surface area contributed by atoms with Gasteiger partial charge in [0, 0.05) is 29.3 Å². The van der Waals surface area contributed by atoms with Crippen LogP contribution in [-0.4, -0.2) is 43.7 Å². The smallest absolute Gasteiger partial charge is 0.409 e. The fourth-order valence-corrected chi connectivity index (χ4v) is 3.21. The van der Waals surface area contributed by atoms with E-state index >= 15 is 0 Å². The number of hydroxylamine groups is 2. The molecule has 1 amide bonds. The molecule has 1 aromatic carbocycles. The van der Waals surface area contributed by atoms with Crippen molar-refractivity contribution in [1.82, 2.24) is 5.06 Å². The zero-order valence-electron chi connectivity index (χ0n) is 11.9. The van der Waals surface area contributed by atoms with Gasteiger partial charge in [-0.3, -0.25) is 9.63 Å². The molecule has 108 valence electrons. The van der Waals surface area contributed by atoms with Gasteiger partial charge in [0.1, 0.15) is 0 Å². The molecule has 7 heteroatoms. The van der Waals surface area contributed by atoms with Crippen LogP contribution in [0.5, 0.6) is 0 Å². The lowest BCUT2D eigenvalue weighted by Crippen LogP contribution is -2.41. The average Bonchev–Trinajstić information content (AvgIpc) is 2.44. The first-order chi connectivity index (χ1) is 9.45. The second-order valence-corrected chi connectivity index (χ2v) is 5.73. The third kappa shape index (κ3) is 2.84. The van der Waals surface area contributed by atoms with Crippen molar-refractivity contribution in [3.05, 3.63) is 27.7 Å². The fraction of sp³-hybridized carbons (Fsp3) is 0.462. The zero-order chi connectivity index (χ0) is 14.9. The number of aryl methyl sites for hydroxylation is 1. The van der Waals surface area contributed by atoms with Gasteiger partial charge in [0.2, 0.25) is 0 Å². The summed E-state index contributed by atoms with van der Waals surface area (Å²) in [5.74, 6) is -0.190. The van der Waals surface area contributed by atoms with Crippen LogP contribution < -0.4 is 4.81 Å². The van der Waals surface area contributed by atoms with E-state index in [0.717, 1.165) is 35.1 Å². The molecule has 1 N–H and O–H groups in total. The maximum atomic E-state index is 12.1. The predicted octanol–water partition coefficient (Wildman–Crippen LogP) is 1.95. The minimum atomic E-state index is -0.548. The summed E-state index contributed by atoms with van der Waals surface area (Å²) in [5.41, 5.74) is 2.62. The average molecular weight is 341 g/mol. The second kappa shape index (κ2) is 6.16. The molecule has 20 heavy (non-hydrogen) atoms. The number of carbonyl (C=O) groups excluding carboxylic acids is 1. The first-order valence-corrected chi connectivity index (χ1v) is 7.34. The normalized spacial score (nSPS) is 13.9. The highest BCUT2D eigenvalue weighted by atomic mass is 79.9. The van der Waals surface area contributed by atoms with E-state index in [1.165, 1.54) is 12.2 Å². The van der Waals surface area contributed by atoms with Gasteiger partial charge in [-0.1, -0.05) is 0 Å². The number of hydrogen-bond acceptors (Lipinski definition) is 4. The molecule has 1 aliphatic rings. The van der Waals surface area contributed by atoms with Gasteiger partial charge < -0.3 is 9.83 Å². The van der Waals surface area contributed by atoms with Gasteiger partial charge in [-0.05, 0) is 53.3 Å². The maximum absolute atomic E-state index is 12.1. The Labute approximate surface area is 127 Å². The van der Waals surface area contributed by atoms with Crippen LogP contribution in [0.4, 0.5) is 5.69 Å². The molecule has 0 fully saturated rings. The molecule has 2 rings (SSSR count). The van der Waals surface area contributed by atoms with E-state index in [1.54, 1.807) is 19.9 Å². The van der Waals surface area contributed by atoms with Crippen LogP contribution in [0.1, 0.15) is 22.3 Å². The van der Waals surface area contributed by atoms with Crippen molar-refractivity contribution >= 4 is 34.6 Å². The molecule has 0 aromatic heterocycles. The molecule has 0 bridgehead atoms. The summed E-state index contributed by atoms with van der Waals surface area (Å²) in [4.78, 5) is 19.0. The lowest BCUT2D eigenvalue weighted by molar-refractivity contribution is -0.0757. The molecular weight excluding hydrogens is 323 g/mol. The zero-order valence-corrected chi connectivity index (χ0v) is 13.5. The standard InChI is InChI=1S/C13H18BBrN2O3/c1-14(19)17-6-4-5-9-7-10(8-11(15)12(9)17)13(18)16(2)20-3/h7-8,19H,4-6H2,1-3H3. The second-order valence-electron chi connectivity index (χ2n) is 4.88. The minimum absolute atomic E-state index is 0.190. The number of anilines is 1. The summed E-state index contributed by atoms with van der Waals surface area (Å²) in [6, 6.07) is 3.66. The minimum Gasteiger partial charge on any atom is -0.432 e. The number of carbonyl (C=O) groups is 1. The van der Waals surface area contributed by atoms with Gasteiger partial charge >= 0.3 is 7.05 Å². The summed E-state index contributed by atoms with van der Waals surface area (Å²) in [6.07, 6.45) is 1.86. The number of amides is 1. The van der Waals surface area contributed by atoms with Gasteiger partial charge in [-0.15, -0.1) is 0 Å². The van der Waals surface area contributed by atoms with Crippen molar-refractivity contribution < 1.29 is 14.7 Å². The summed E-state index contributed by atoms with van der Waals surface area (Å²) < 4.78 is 0.823. The van der Waals surface area contributed by atoms with Gasteiger partial charge in [-0.2, -0.15) is 0 Å². The number of hydrogen-bond donors (Lipinski definition) is 1. The first-order valence-electron chi connectivity index (χ1n) is 6.55. The monoisotopic (exact) mass is 340 g/mol. The molecule has 1 heterocycles. The SMILES string of the molecule is CON(C)C(=O)c1cc(Br)c2c(c1)CCCN2B(C)O. The maximum Gasteiger partial charge on any atom is 0.409 e. The van der Waals surface area contributed by atoms with Gasteiger partial charge in [0.05, 0.1) is 7.11 Å². The predicted molar refractivity (Wildman–Crippen MR) is 82.7 cm³/mol. The van der Waals surface area contributed by atoms with Crippen LogP contribution in [0.15, 0.2) is 16.6 Å². The van der Waals surface area contributed by atoms with Crippen molar-refractivity contribution in [2.75, 3.05) is 25.5 Å². The molecule has 1 aromatic rings. The van der Waals surface area contributed by atoms with Crippen molar-refractivity contribution in [1.29, 1.82) is 0 Å². The Morgan fingerprint density at radius 1 is 1.55 bits per heavy atom. The Bertz CT molecular complexity index is 525. The third-order valence-electron chi connectivity index (χ3n) is 3.53. The Balaban J connectivity index is 2.43. The Kier molecular flexibility index (Phi) is 4.72. The van der Waals surface area contributed by atoms with Gasteiger partial charge in [-0.25, -0.2) is 5.06 Å². The van der Waals surface area contributed by atoms with E-state index in [0.29, 0.717) is 5.56 Å². The Morgan fingerprint density at radius 3 is 2.85 bits per heavy atom. The Hall–Kier alpha value is -1.05. The van der Waals surface area contributed by atoms with E-state index in [-0.39, 0.29) is 5.91 Å². The van der Waals surface area contributed by atoms with Crippen molar-refractivity contribution in [3.63, 3.8) is 0 Å². The van der Waals surface area contributed by atoms with Gasteiger partial charge in [0.15, 0.2) is 0 Å². The summed E-state index contributed by atoms with van der Waals surface area (Å²) in [6.45, 7) is 2.56. The molecule has 0 unspecified atom stereocenters. The molecule has 0 spiro atoms. The van der Waals surface area contributed by atoms with E-state index < -0.39 is 7.05 Å². The van der Waals surface area contributed by atoms with Crippen LogP contribution in [0, 0.1) is 0 Å². The summed E-state index contributed by atoms with van der Waals surface area (Å²) in [7, 11) is 2.49. The van der Waals surface area contributed by atoms with E-state index in [2.05, 4.69) is 15.9 Å². The molecule has 0 radical (unpaired) electrons. The fourth-order valence-electron chi connectivity index (χ4n) is 2.48. The van der Waals surface area contributed by atoms with E-state index in [1.807, 2.05) is 10.9 Å². The van der Waals surface area contributed by atoms with Crippen LogP contribution in [-0.2, 0) is 11.3 Å². The van der Waals surface area contributed by atoms with E-state index in [4.69, 9.17) is 4.84 Å². The quantitative estimate of drug-likeness (QED) is 0.675. The molecule has 0 saturated carbocycles. The number of halogens is 1. The lowest BCUT2D eigenvalue weighted by atomic mass is 9.81. The third-order valence-corrected chi connectivity index (χ3v) is 4.14. The topological polar surface area (TPSA) is 53.0 Å². The van der Waals surface area contributed by atoms with Crippen LogP contribution in [0.25, 0.3) is 0 Å². The number of fused-ring (bicyclic) bond motifs is 1. The number of rotatable bonds is 3. The highest BCUT2D eigenvalue weighted by Crippen LogP contribution is 2.36. The molecule has 5 nitrogen and oxygen atoms in total. The van der Waals surface area contributed by atoms with Crippen molar-refractivity contribution in [2.45, 2.75) is 19.7 Å². The molecule has 0 atom stereocenters. The van der Waals surface area contributed by atoms with Crippen LogP contribution in [0.3, 0.4) is 0 Å². The van der Waals surface area contributed by atoms with Crippen LogP contribution in [0.2, 0.25) is 6.82 Å². The largest absolute Gasteiger partial charge is 0.432 e. The highest BCUT2D eigenvalue weighted by Gasteiger charge is 2.27. The number of benzene rings is 1. The highest BCUT2D eigenvalue weighted by molar-refractivity contribution is 9.10. The molecular formula is C13H18BBrN2O3. The molecule has 1 aliphatic heterocycles. The van der Waals surface area contributed by atoms with Crippen LogP contribution >= 0.6 is 15.9 Å². The first kappa shape index (κ1) is 15.3. The summed E-state index contributed by atoms with van der Waals surface area (Å²) in [5, 5.41) is 11.1. The molecule has 0 aliphatic carbocycles.